The molecule has 0 aromatic rings. The predicted octanol–water partition coefficient (Wildman–Crippen LogP) is -0.0876. The molecule has 2 rings (SSSR count). The lowest BCUT2D eigenvalue weighted by Gasteiger charge is -2.41. The van der Waals surface area contributed by atoms with Crippen LogP contribution < -0.4 is 0 Å². The van der Waals surface area contributed by atoms with Crippen LogP contribution in [0.25, 0.3) is 0 Å². The topological polar surface area (TPSA) is 64.1 Å². The Morgan fingerprint density at radius 1 is 1.33 bits per heavy atom. The highest BCUT2D eigenvalue weighted by Crippen LogP contribution is 2.24. The van der Waals surface area contributed by atoms with Gasteiger partial charge in [-0.05, 0) is 40.3 Å². The molecule has 2 fully saturated rings. The second-order valence-corrected chi connectivity index (χ2v) is 6.65. The zero-order valence-corrected chi connectivity index (χ0v) is 13.3. The average Bonchev–Trinajstić information content (AvgIpc) is 2.83. The van der Waals surface area contributed by atoms with Crippen molar-refractivity contribution in [3.8, 4) is 0 Å². The van der Waals surface area contributed by atoms with E-state index in [9.17, 15) is 14.7 Å². The van der Waals surface area contributed by atoms with Gasteiger partial charge >= 0.3 is 0 Å². The van der Waals surface area contributed by atoms with Gasteiger partial charge in [0.15, 0.2) is 0 Å². The minimum Gasteiger partial charge on any atom is -0.388 e. The summed E-state index contributed by atoms with van der Waals surface area (Å²) in [5.74, 6) is 0.0918. The molecule has 0 radical (unpaired) electrons. The highest BCUT2D eigenvalue weighted by molar-refractivity contribution is 5.88. The van der Waals surface area contributed by atoms with Gasteiger partial charge in [0.05, 0.1) is 5.60 Å². The molecule has 6 nitrogen and oxygen atoms in total. The Morgan fingerprint density at radius 2 is 1.95 bits per heavy atom. The van der Waals surface area contributed by atoms with E-state index in [4.69, 9.17) is 0 Å². The fourth-order valence-electron chi connectivity index (χ4n) is 3.37. The Bertz CT molecular complexity index is 403. The summed E-state index contributed by atoms with van der Waals surface area (Å²) in [4.78, 5) is 29.7. The molecular weight excluding hydrogens is 270 g/mol. The molecule has 0 spiro atoms. The first-order valence-corrected chi connectivity index (χ1v) is 7.78. The minimum atomic E-state index is -0.701. The Hall–Kier alpha value is -1.14. The Balaban J connectivity index is 1.89. The van der Waals surface area contributed by atoms with Crippen molar-refractivity contribution in [1.82, 2.24) is 14.7 Å². The van der Waals surface area contributed by atoms with Crippen molar-refractivity contribution in [2.75, 3.05) is 40.3 Å². The van der Waals surface area contributed by atoms with Crippen molar-refractivity contribution < 1.29 is 14.7 Å². The van der Waals surface area contributed by atoms with Gasteiger partial charge in [-0.25, -0.2) is 0 Å². The van der Waals surface area contributed by atoms with Gasteiger partial charge in [0, 0.05) is 32.6 Å². The number of likely N-dealkylation sites (tertiary alicyclic amines) is 2. The van der Waals surface area contributed by atoms with Crippen molar-refractivity contribution in [2.45, 2.75) is 44.2 Å². The molecule has 2 amide bonds. The van der Waals surface area contributed by atoms with E-state index in [1.807, 2.05) is 25.9 Å². The maximum absolute atomic E-state index is 12.5. The van der Waals surface area contributed by atoms with E-state index in [2.05, 4.69) is 0 Å². The van der Waals surface area contributed by atoms with Gasteiger partial charge in [-0.2, -0.15) is 0 Å². The minimum absolute atomic E-state index is 0.0113. The molecule has 2 aliphatic heterocycles. The average molecular weight is 297 g/mol. The van der Waals surface area contributed by atoms with Crippen LogP contribution >= 0.6 is 0 Å². The number of hydrogen-bond donors (Lipinski definition) is 1. The largest absolute Gasteiger partial charge is 0.388 e. The van der Waals surface area contributed by atoms with Gasteiger partial charge < -0.3 is 19.8 Å². The van der Waals surface area contributed by atoms with Crippen molar-refractivity contribution >= 4 is 11.8 Å². The summed E-state index contributed by atoms with van der Waals surface area (Å²) in [5, 5.41) is 10.5. The van der Waals surface area contributed by atoms with Crippen LogP contribution in [0.2, 0.25) is 0 Å². The van der Waals surface area contributed by atoms with Gasteiger partial charge in [0.1, 0.15) is 6.04 Å². The van der Waals surface area contributed by atoms with Crippen LogP contribution in [0.4, 0.5) is 0 Å². The fraction of sp³-hybridized carbons (Fsp3) is 0.867. The van der Waals surface area contributed by atoms with E-state index in [1.54, 1.807) is 9.80 Å². The molecule has 0 bridgehead atoms. The number of rotatable bonds is 4. The number of hydrogen-bond acceptors (Lipinski definition) is 4. The zero-order valence-electron chi connectivity index (χ0n) is 13.3. The second kappa shape index (κ2) is 6.32. The number of likely N-dealkylation sites (N-methyl/N-ethyl adjacent to an activating group) is 1. The van der Waals surface area contributed by atoms with Crippen molar-refractivity contribution in [1.29, 1.82) is 0 Å². The normalized spacial score (nSPS) is 23.8. The van der Waals surface area contributed by atoms with Gasteiger partial charge in [-0.3, -0.25) is 9.59 Å². The Labute approximate surface area is 126 Å². The molecule has 0 aromatic heterocycles. The number of carbonyl (C=O) groups is 2. The molecule has 0 unspecified atom stereocenters. The van der Waals surface area contributed by atoms with Crippen LogP contribution in [0, 0.1) is 0 Å². The van der Waals surface area contributed by atoms with Gasteiger partial charge in [0.2, 0.25) is 11.8 Å². The highest BCUT2D eigenvalue weighted by atomic mass is 16.3. The number of nitrogens with zero attached hydrogens (tertiary/aromatic N) is 3. The van der Waals surface area contributed by atoms with Gasteiger partial charge in [-0.1, -0.05) is 0 Å². The summed E-state index contributed by atoms with van der Waals surface area (Å²) < 4.78 is 0. The van der Waals surface area contributed by atoms with E-state index in [0.29, 0.717) is 45.4 Å². The number of aliphatic hydroxyl groups is 1. The molecule has 2 aliphatic rings. The van der Waals surface area contributed by atoms with E-state index in [0.717, 1.165) is 6.42 Å². The lowest BCUT2D eigenvalue weighted by Crippen LogP contribution is -2.55. The lowest BCUT2D eigenvalue weighted by molar-refractivity contribution is -0.146. The molecule has 120 valence electrons. The molecule has 0 aliphatic carbocycles. The summed E-state index contributed by atoms with van der Waals surface area (Å²) in [6.07, 6.45) is 2.59. The SMILES string of the molecule is C[C@@H](C(=O)N1CCC(O)(CN(C)C)CC1)N1CCCC1=O. The number of carbonyl (C=O) groups excluding carboxylic acids is 2. The summed E-state index contributed by atoms with van der Waals surface area (Å²) >= 11 is 0. The van der Waals surface area contributed by atoms with Crippen LogP contribution in [0.15, 0.2) is 0 Å². The molecular formula is C15H27N3O3. The van der Waals surface area contributed by atoms with E-state index in [1.165, 1.54) is 0 Å². The highest BCUT2D eigenvalue weighted by Gasteiger charge is 2.37. The third-order valence-electron chi connectivity index (χ3n) is 4.55. The van der Waals surface area contributed by atoms with Crippen LogP contribution in [0.1, 0.15) is 32.6 Å². The van der Waals surface area contributed by atoms with Gasteiger partial charge in [-0.15, -0.1) is 0 Å². The molecule has 2 heterocycles. The summed E-state index contributed by atoms with van der Waals surface area (Å²) in [6.45, 7) is 4.25. The van der Waals surface area contributed by atoms with Crippen LogP contribution in [-0.2, 0) is 9.59 Å². The summed E-state index contributed by atoms with van der Waals surface area (Å²) in [7, 11) is 3.88. The van der Waals surface area contributed by atoms with E-state index in [-0.39, 0.29) is 17.9 Å². The van der Waals surface area contributed by atoms with E-state index >= 15 is 0 Å². The second-order valence-electron chi connectivity index (χ2n) is 6.65. The van der Waals surface area contributed by atoms with Crippen LogP contribution in [0.5, 0.6) is 0 Å². The zero-order chi connectivity index (χ0) is 15.6. The monoisotopic (exact) mass is 297 g/mol. The lowest BCUT2D eigenvalue weighted by atomic mass is 9.90. The summed E-state index contributed by atoms with van der Waals surface area (Å²) in [6, 6.07) is -0.375. The molecule has 2 saturated heterocycles. The quantitative estimate of drug-likeness (QED) is 0.788. The molecule has 1 atom stereocenters. The first-order chi connectivity index (χ1) is 9.82. The maximum Gasteiger partial charge on any atom is 0.245 e. The van der Waals surface area contributed by atoms with E-state index < -0.39 is 5.60 Å². The molecule has 6 heteroatoms. The predicted molar refractivity (Wildman–Crippen MR) is 79.7 cm³/mol. The molecule has 0 aromatic carbocycles. The first kappa shape index (κ1) is 16.2. The summed E-state index contributed by atoms with van der Waals surface area (Å²) in [5.41, 5.74) is -0.701. The van der Waals surface area contributed by atoms with Crippen molar-refractivity contribution in [3.05, 3.63) is 0 Å². The smallest absolute Gasteiger partial charge is 0.245 e. The Kier molecular flexibility index (Phi) is 4.88. The number of amides is 2. The first-order valence-electron chi connectivity index (χ1n) is 7.78. The third kappa shape index (κ3) is 3.74. The maximum atomic E-state index is 12.5. The third-order valence-corrected chi connectivity index (χ3v) is 4.55. The Morgan fingerprint density at radius 3 is 2.43 bits per heavy atom. The van der Waals surface area contributed by atoms with Crippen molar-refractivity contribution in [3.63, 3.8) is 0 Å². The standard InChI is InChI=1S/C15H27N3O3/c1-12(18-8-4-5-13(18)19)14(20)17-9-6-15(21,7-10-17)11-16(2)3/h12,21H,4-11H2,1-3H3/t12-/m0/s1. The van der Waals surface area contributed by atoms with Gasteiger partial charge in [0.25, 0.3) is 0 Å². The van der Waals surface area contributed by atoms with Crippen molar-refractivity contribution in [2.24, 2.45) is 0 Å². The van der Waals surface area contributed by atoms with Crippen LogP contribution in [-0.4, -0.2) is 83.5 Å². The van der Waals surface area contributed by atoms with Crippen LogP contribution in [0.3, 0.4) is 0 Å². The fourth-order valence-corrected chi connectivity index (χ4v) is 3.37. The molecule has 21 heavy (non-hydrogen) atoms. The molecule has 0 saturated carbocycles. The number of piperidine rings is 1. The molecule has 1 N–H and O–H groups in total.